The van der Waals surface area contributed by atoms with Crippen LogP contribution in [0.25, 0.3) is 11.4 Å². The summed E-state index contributed by atoms with van der Waals surface area (Å²) in [5.74, 6) is 0.911. The van der Waals surface area contributed by atoms with Crippen LogP contribution in [0.4, 0.5) is 5.69 Å². The lowest BCUT2D eigenvalue weighted by Crippen LogP contribution is -2.16. The van der Waals surface area contributed by atoms with Crippen LogP contribution < -0.4 is 0 Å². The second kappa shape index (κ2) is 6.85. The molecule has 24 heavy (non-hydrogen) atoms. The molecule has 124 valence electrons. The lowest BCUT2D eigenvalue weighted by atomic mass is 10.2. The van der Waals surface area contributed by atoms with Crippen LogP contribution in [-0.4, -0.2) is 32.0 Å². The molecule has 9 heteroatoms. The average Bonchev–Trinajstić information content (AvgIpc) is 3.16. The van der Waals surface area contributed by atoms with E-state index in [4.69, 9.17) is 4.52 Å². The SMILES string of the molecule is Cc1ncc(CN(C)Cc2nc(-c3ccc([N+](=O)[O-])cc3)no2)s1. The van der Waals surface area contributed by atoms with Crippen molar-refractivity contribution in [2.24, 2.45) is 0 Å². The number of benzene rings is 1. The van der Waals surface area contributed by atoms with Crippen LogP contribution >= 0.6 is 11.3 Å². The van der Waals surface area contributed by atoms with Crippen molar-refractivity contribution in [2.45, 2.75) is 20.0 Å². The van der Waals surface area contributed by atoms with E-state index in [1.807, 2.05) is 20.2 Å². The molecule has 0 spiro atoms. The fourth-order valence-electron chi connectivity index (χ4n) is 2.20. The first-order valence-corrected chi connectivity index (χ1v) is 8.00. The van der Waals surface area contributed by atoms with Gasteiger partial charge in [-0.15, -0.1) is 11.3 Å². The smallest absolute Gasteiger partial charge is 0.269 e. The van der Waals surface area contributed by atoms with Crippen molar-refractivity contribution >= 4 is 17.0 Å². The molecule has 2 aromatic heterocycles. The second-order valence-electron chi connectivity index (χ2n) is 5.33. The third kappa shape index (κ3) is 3.81. The Morgan fingerprint density at radius 2 is 2.04 bits per heavy atom. The van der Waals surface area contributed by atoms with Gasteiger partial charge in [-0.1, -0.05) is 5.16 Å². The predicted octanol–water partition coefficient (Wildman–Crippen LogP) is 3.04. The Balaban J connectivity index is 1.65. The Morgan fingerprint density at radius 1 is 1.29 bits per heavy atom. The summed E-state index contributed by atoms with van der Waals surface area (Å²) in [7, 11) is 1.96. The number of thiazole rings is 1. The maximum absolute atomic E-state index is 10.7. The summed E-state index contributed by atoms with van der Waals surface area (Å²) in [6.45, 7) is 3.24. The summed E-state index contributed by atoms with van der Waals surface area (Å²) in [4.78, 5) is 22.0. The number of rotatable bonds is 6. The summed E-state index contributed by atoms with van der Waals surface area (Å²) in [6.07, 6.45) is 1.87. The van der Waals surface area contributed by atoms with Gasteiger partial charge >= 0.3 is 0 Å². The number of hydrogen-bond donors (Lipinski definition) is 0. The highest BCUT2D eigenvalue weighted by Crippen LogP contribution is 2.20. The first kappa shape index (κ1) is 16.2. The van der Waals surface area contributed by atoms with E-state index in [1.165, 1.54) is 17.0 Å². The highest BCUT2D eigenvalue weighted by Gasteiger charge is 2.13. The van der Waals surface area contributed by atoms with E-state index >= 15 is 0 Å². The third-order valence-electron chi connectivity index (χ3n) is 3.30. The monoisotopic (exact) mass is 345 g/mol. The molecular weight excluding hydrogens is 330 g/mol. The Morgan fingerprint density at radius 3 is 2.67 bits per heavy atom. The molecule has 0 aliphatic carbocycles. The van der Waals surface area contributed by atoms with Gasteiger partial charge in [0, 0.05) is 35.3 Å². The fourth-order valence-corrected chi connectivity index (χ4v) is 3.08. The van der Waals surface area contributed by atoms with E-state index in [0.717, 1.165) is 11.6 Å². The van der Waals surface area contributed by atoms with Crippen molar-refractivity contribution in [3.05, 3.63) is 56.4 Å². The zero-order valence-electron chi connectivity index (χ0n) is 13.2. The van der Waals surface area contributed by atoms with Gasteiger partial charge in [0.2, 0.25) is 11.7 Å². The van der Waals surface area contributed by atoms with Gasteiger partial charge in [0.25, 0.3) is 5.69 Å². The maximum Gasteiger partial charge on any atom is 0.269 e. The molecule has 0 bridgehead atoms. The predicted molar refractivity (Wildman–Crippen MR) is 88.4 cm³/mol. The average molecular weight is 345 g/mol. The van der Waals surface area contributed by atoms with Crippen LogP contribution in [-0.2, 0) is 13.1 Å². The Bertz CT molecular complexity index is 843. The van der Waals surface area contributed by atoms with Crippen LogP contribution in [0.5, 0.6) is 0 Å². The number of nitrogens with zero attached hydrogens (tertiary/aromatic N) is 5. The van der Waals surface area contributed by atoms with Gasteiger partial charge < -0.3 is 4.52 Å². The number of nitro groups is 1. The Kier molecular flexibility index (Phi) is 4.63. The van der Waals surface area contributed by atoms with Crippen LogP contribution in [0.15, 0.2) is 35.0 Å². The van der Waals surface area contributed by atoms with Gasteiger partial charge in [-0.05, 0) is 26.1 Å². The lowest BCUT2D eigenvalue weighted by Gasteiger charge is -2.11. The minimum atomic E-state index is -0.443. The summed E-state index contributed by atoms with van der Waals surface area (Å²) >= 11 is 1.66. The van der Waals surface area contributed by atoms with Gasteiger partial charge in [0.1, 0.15) is 0 Å². The molecular formula is C15H15N5O3S. The van der Waals surface area contributed by atoms with E-state index < -0.39 is 4.92 Å². The second-order valence-corrected chi connectivity index (χ2v) is 6.65. The van der Waals surface area contributed by atoms with Crippen molar-refractivity contribution in [1.82, 2.24) is 20.0 Å². The highest BCUT2D eigenvalue weighted by atomic mass is 32.1. The van der Waals surface area contributed by atoms with Gasteiger partial charge in [-0.2, -0.15) is 4.98 Å². The summed E-state index contributed by atoms with van der Waals surface area (Å²) in [6, 6.07) is 6.06. The summed E-state index contributed by atoms with van der Waals surface area (Å²) < 4.78 is 5.26. The van der Waals surface area contributed by atoms with Crippen molar-refractivity contribution in [3.8, 4) is 11.4 Å². The molecule has 0 radical (unpaired) electrons. The Labute approximate surface area is 141 Å². The number of hydrogen-bond acceptors (Lipinski definition) is 8. The third-order valence-corrected chi connectivity index (χ3v) is 4.20. The molecule has 0 saturated carbocycles. The standard InChI is InChI=1S/C15H15N5O3S/c1-10-16-7-13(24-10)8-19(2)9-14-17-15(18-23-14)11-3-5-12(6-4-11)20(21)22/h3-7H,8-9H2,1-2H3. The van der Waals surface area contributed by atoms with Gasteiger partial charge in [0.15, 0.2) is 0 Å². The first-order chi connectivity index (χ1) is 11.5. The first-order valence-electron chi connectivity index (χ1n) is 7.18. The molecule has 0 saturated heterocycles. The number of aromatic nitrogens is 3. The molecule has 0 aliphatic heterocycles. The fraction of sp³-hybridized carbons (Fsp3) is 0.267. The van der Waals surface area contributed by atoms with Crippen molar-refractivity contribution < 1.29 is 9.45 Å². The molecule has 8 nitrogen and oxygen atoms in total. The lowest BCUT2D eigenvalue weighted by molar-refractivity contribution is -0.384. The van der Waals surface area contributed by atoms with Crippen LogP contribution in [0.3, 0.4) is 0 Å². The van der Waals surface area contributed by atoms with Gasteiger partial charge in [-0.25, -0.2) is 4.98 Å². The van der Waals surface area contributed by atoms with Crippen molar-refractivity contribution in [3.63, 3.8) is 0 Å². The van der Waals surface area contributed by atoms with Crippen molar-refractivity contribution in [1.29, 1.82) is 0 Å². The molecule has 0 atom stereocenters. The van der Waals surface area contributed by atoms with E-state index in [-0.39, 0.29) is 5.69 Å². The molecule has 0 N–H and O–H groups in total. The van der Waals surface area contributed by atoms with Gasteiger partial charge in [-0.3, -0.25) is 15.0 Å². The van der Waals surface area contributed by atoms with Crippen molar-refractivity contribution in [2.75, 3.05) is 7.05 Å². The highest BCUT2D eigenvalue weighted by molar-refractivity contribution is 7.11. The van der Waals surface area contributed by atoms with E-state index in [2.05, 4.69) is 20.0 Å². The molecule has 0 aliphatic rings. The maximum atomic E-state index is 10.7. The van der Waals surface area contributed by atoms with Crippen LogP contribution in [0.1, 0.15) is 15.8 Å². The van der Waals surface area contributed by atoms with E-state index in [0.29, 0.717) is 23.8 Å². The van der Waals surface area contributed by atoms with E-state index in [1.54, 1.807) is 23.5 Å². The summed E-state index contributed by atoms with van der Waals surface area (Å²) in [5, 5.41) is 15.6. The Hall–Kier alpha value is -2.65. The number of nitro benzene ring substituents is 1. The zero-order chi connectivity index (χ0) is 17.1. The molecule has 3 aromatic rings. The minimum Gasteiger partial charge on any atom is -0.338 e. The zero-order valence-corrected chi connectivity index (χ0v) is 14.0. The number of non-ortho nitro benzene ring substituents is 1. The van der Waals surface area contributed by atoms with Crippen LogP contribution in [0, 0.1) is 17.0 Å². The molecule has 0 amide bonds. The minimum absolute atomic E-state index is 0.0297. The molecule has 0 fully saturated rings. The molecule has 3 rings (SSSR count). The molecule has 0 unspecified atom stereocenters. The van der Waals surface area contributed by atoms with Gasteiger partial charge in [0.05, 0.1) is 16.5 Å². The van der Waals surface area contributed by atoms with Crippen LogP contribution in [0.2, 0.25) is 0 Å². The molecule has 1 aromatic carbocycles. The van der Waals surface area contributed by atoms with E-state index in [9.17, 15) is 10.1 Å². The topological polar surface area (TPSA) is 98.2 Å². The number of aryl methyl sites for hydroxylation is 1. The largest absolute Gasteiger partial charge is 0.338 e. The normalized spacial score (nSPS) is 11.1. The summed E-state index contributed by atoms with van der Waals surface area (Å²) in [5.41, 5.74) is 0.707. The quantitative estimate of drug-likeness (QED) is 0.500. The molecule has 2 heterocycles.